The molecule has 2 atom stereocenters. The van der Waals surface area contributed by atoms with Crippen LogP contribution < -0.4 is 0 Å². The summed E-state index contributed by atoms with van der Waals surface area (Å²) in [6.07, 6.45) is 11.4. The Balaban J connectivity index is 2.23. The van der Waals surface area contributed by atoms with Crippen LogP contribution in [0.5, 0.6) is 0 Å². The Morgan fingerprint density at radius 2 is 2.56 bits per heavy atom. The van der Waals surface area contributed by atoms with Crippen molar-refractivity contribution in [3.05, 3.63) is 18.6 Å². The molecule has 0 aromatic rings. The maximum Gasteiger partial charge on any atom is -0.00839 e. The van der Waals surface area contributed by atoms with Crippen LogP contribution in [0.4, 0.5) is 0 Å². The van der Waals surface area contributed by atoms with Gasteiger partial charge in [0.1, 0.15) is 0 Å². The summed E-state index contributed by atoms with van der Waals surface area (Å²) in [6, 6.07) is 0. The van der Waals surface area contributed by atoms with E-state index in [9.17, 15) is 0 Å². The van der Waals surface area contributed by atoms with Crippen LogP contribution in [0.15, 0.2) is 12.2 Å². The highest BCUT2D eigenvalue weighted by molar-refractivity contribution is 5.19. The fraction of sp³-hybridized carbons (Fsp3) is 0.667. The minimum absolute atomic E-state index is 0.546. The zero-order chi connectivity index (χ0) is 6.32. The molecule has 2 aliphatic carbocycles. The van der Waals surface area contributed by atoms with Crippen LogP contribution in [0, 0.1) is 17.8 Å². The largest absolute Gasteiger partial charge is 0.0848 e. The van der Waals surface area contributed by atoms with Crippen LogP contribution in [-0.4, -0.2) is 0 Å². The molecule has 2 bridgehead atoms. The number of hydrogen-bond acceptors (Lipinski definition) is 0. The standard InChI is InChI=1S/C9H13/c1-2-9-5-3-8(7-9)4-6-9/h2-3,5,8H,4,6-7H2,1H3. The Hall–Kier alpha value is -0.260. The van der Waals surface area contributed by atoms with Gasteiger partial charge in [-0.25, -0.2) is 0 Å². The Morgan fingerprint density at radius 3 is 2.78 bits per heavy atom. The van der Waals surface area contributed by atoms with Crippen molar-refractivity contribution in [3.63, 3.8) is 0 Å². The van der Waals surface area contributed by atoms with Crippen LogP contribution >= 0.6 is 0 Å². The summed E-state index contributed by atoms with van der Waals surface area (Å²) in [7, 11) is 0. The summed E-state index contributed by atoms with van der Waals surface area (Å²) in [5.74, 6) is 0.932. The molecule has 1 fully saturated rings. The molecule has 2 rings (SSSR count). The molecule has 0 heteroatoms. The third-order valence-corrected chi connectivity index (χ3v) is 2.90. The maximum absolute atomic E-state index is 2.40. The van der Waals surface area contributed by atoms with Gasteiger partial charge in [-0.05, 0) is 37.0 Å². The SMILES string of the molecule is C[CH]C12C=CC(CC1)C2. The normalized spacial score (nSPS) is 46.6. The van der Waals surface area contributed by atoms with Crippen LogP contribution in [0.25, 0.3) is 0 Å². The quantitative estimate of drug-likeness (QED) is 0.468. The van der Waals surface area contributed by atoms with Crippen molar-refractivity contribution in [2.24, 2.45) is 11.3 Å². The fourth-order valence-electron chi connectivity index (χ4n) is 2.15. The first-order valence-corrected chi connectivity index (χ1v) is 3.84. The third-order valence-electron chi connectivity index (χ3n) is 2.90. The van der Waals surface area contributed by atoms with Crippen LogP contribution in [0.1, 0.15) is 26.2 Å². The molecule has 0 aromatic heterocycles. The maximum atomic E-state index is 2.40. The van der Waals surface area contributed by atoms with Crippen molar-refractivity contribution >= 4 is 0 Å². The number of hydrogen-bond donors (Lipinski definition) is 0. The second-order valence-electron chi connectivity index (χ2n) is 3.38. The van der Waals surface area contributed by atoms with Crippen LogP contribution in [-0.2, 0) is 0 Å². The number of fused-ring (bicyclic) bond motifs is 2. The highest BCUT2D eigenvalue weighted by atomic mass is 14.4. The lowest BCUT2D eigenvalue weighted by molar-refractivity contribution is 0.480. The summed E-state index contributed by atoms with van der Waals surface area (Å²) in [5, 5.41) is 0. The lowest BCUT2D eigenvalue weighted by atomic mass is 9.85. The van der Waals surface area contributed by atoms with Gasteiger partial charge in [0.05, 0.1) is 0 Å². The predicted molar refractivity (Wildman–Crippen MR) is 38.9 cm³/mol. The molecule has 0 spiro atoms. The first kappa shape index (κ1) is 5.52. The molecule has 1 saturated carbocycles. The van der Waals surface area contributed by atoms with Gasteiger partial charge in [0.15, 0.2) is 0 Å². The van der Waals surface area contributed by atoms with Gasteiger partial charge in [-0.3, -0.25) is 0 Å². The van der Waals surface area contributed by atoms with E-state index < -0.39 is 0 Å². The minimum Gasteiger partial charge on any atom is -0.0848 e. The second kappa shape index (κ2) is 1.62. The first-order valence-electron chi connectivity index (χ1n) is 3.84. The predicted octanol–water partition coefficient (Wildman–Crippen LogP) is 2.57. The van der Waals surface area contributed by atoms with Gasteiger partial charge in [0.25, 0.3) is 0 Å². The van der Waals surface area contributed by atoms with Crippen molar-refractivity contribution in [2.75, 3.05) is 0 Å². The molecule has 49 valence electrons. The van der Waals surface area contributed by atoms with Gasteiger partial charge in [-0.2, -0.15) is 0 Å². The van der Waals surface area contributed by atoms with Crippen LogP contribution in [0.2, 0.25) is 0 Å². The van der Waals surface area contributed by atoms with E-state index in [1.807, 2.05) is 0 Å². The molecular weight excluding hydrogens is 108 g/mol. The Labute approximate surface area is 57.0 Å². The molecular formula is C9H13. The van der Waals surface area contributed by atoms with E-state index in [1.165, 1.54) is 19.3 Å². The van der Waals surface area contributed by atoms with Gasteiger partial charge in [-0.15, -0.1) is 0 Å². The molecule has 0 N–H and O–H groups in total. The molecule has 0 aromatic carbocycles. The monoisotopic (exact) mass is 121 g/mol. The van der Waals surface area contributed by atoms with Gasteiger partial charge in [-0.1, -0.05) is 19.1 Å². The topological polar surface area (TPSA) is 0 Å². The third kappa shape index (κ3) is 0.654. The average molecular weight is 121 g/mol. The van der Waals surface area contributed by atoms with E-state index in [2.05, 4.69) is 25.5 Å². The molecule has 0 nitrogen and oxygen atoms in total. The zero-order valence-corrected chi connectivity index (χ0v) is 5.93. The van der Waals surface area contributed by atoms with E-state index >= 15 is 0 Å². The lowest BCUT2D eigenvalue weighted by Gasteiger charge is -2.19. The molecule has 2 aliphatic rings. The molecule has 0 amide bonds. The Kier molecular flexibility index (Phi) is 0.992. The lowest BCUT2D eigenvalue weighted by Crippen LogP contribution is -2.09. The molecule has 0 aliphatic heterocycles. The molecule has 9 heavy (non-hydrogen) atoms. The van der Waals surface area contributed by atoms with Crippen molar-refractivity contribution in [1.82, 2.24) is 0 Å². The van der Waals surface area contributed by atoms with E-state index in [-0.39, 0.29) is 0 Å². The molecule has 0 heterocycles. The van der Waals surface area contributed by atoms with Crippen molar-refractivity contribution in [3.8, 4) is 0 Å². The van der Waals surface area contributed by atoms with Crippen molar-refractivity contribution < 1.29 is 0 Å². The van der Waals surface area contributed by atoms with E-state index in [4.69, 9.17) is 0 Å². The van der Waals surface area contributed by atoms with Crippen molar-refractivity contribution in [2.45, 2.75) is 26.2 Å². The van der Waals surface area contributed by atoms with E-state index in [0.717, 1.165) is 5.92 Å². The van der Waals surface area contributed by atoms with Crippen LogP contribution in [0.3, 0.4) is 0 Å². The zero-order valence-electron chi connectivity index (χ0n) is 5.93. The molecule has 2 unspecified atom stereocenters. The summed E-state index contributed by atoms with van der Waals surface area (Å²) in [5.41, 5.74) is 0.546. The van der Waals surface area contributed by atoms with Gasteiger partial charge in [0, 0.05) is 0 Å². The first-order chi connectivity index (χ1) is 4.35. The minimum atomic E-state index is 0.546. The fourth-order valence-corrected chi connectivity index (χ4v) is 2.15. The average Bonchev–Trinajstić information content (AvgIpc) is 2.46. The van der Waals surface area contributed by atoms with Gasteiger partial charge < -0.3 is 0 Å². The summed E-state index contributed by atoms with van der Waals surface area (Å²) >= 11 is 0. The highest BCUT2D eigenvalue weighted by Crippen LogP contribution is 2.50. The van der Waals surface area contributed by atoms with E-state index in [0.29, 0.717) is 5.41 Å². The Bertz CT molecular complexity index is 146. The van der Waals surface area contributed by atoms with Gasteiger partial charge in [0.2, 0.25) is 0 Å². The molecule has 0 saturated heterocycles. The summed E-state index contributed by atoms with van der Waals surface area (Å²) in [6.45, 7) is 2.19. The number of rotatable bonds is 1. The van der Waals surface area contributed by atoms with Gasteiger partial charge >= 0.3 is 0 Å². The Morgan fingerprint density at radius 1 is 1.67 bits per heavy atom. The summed E-state index contributed by atoms with van der Waals surface area (Å²) in [4.78, 5) is 0. The number of allylic oxidation sites excluding steroid dienone is 2. The highest BCUT2D eigenvalue weighted by Gasteiger charge is 2.38. The van der Waals surface area contributed by atoms with Crippen molar-refractivity contribution in [1.29, 1.82) is 0 Å². The summed E-state index contributed by atoms with van der Waals surface area (Å²) < 4.78 is 0. The molecule has 1 radical (unpaired) electrons. The van der Waals surface area contributed by atoms with E-state index in [1.54, 1.807) is 0 Å². The smallest absolute Gasteiger partial charge is 0.00839 e. The second-order valence-corrected chi connectivity index (χ2v) is 3.38.